The predicted octanol–water partition coefficient (Wildman–Crippen LogP) is 4.08. The van der Waals surface area contributed by atoms with Crippen LogP contribution in [0.3, 0.4) is 0 Å². The second kappa shape index (κ2) is 6.48. The number of nitrogens with one attached hydrogen (secondary N) is 1. The van der Waals surface area contributed by atoms with E-state index in [1.807, 2.05) is 11.8 Å². The lowest BCUT2D eigenvalue weighted by Gasteiger charge is -2.31. The molecule has 4 heteroatoms. The molecule has 4 aliphatic rings. The fourth-order valence-electron chi connectivity index (χ4n) is 4.32. The molecule has 0 unspecified atom stereocenters. The van der Waals surface area contributed by atoms with Crippen LogP contribution in [0, 0.1) is 5.41 Å². The number of hydrogen-bond acceptors (Lipinski definition) is 3. The van der Waals surface area contributed by atoms with Crippen molar-refractivity contribution in [3.05, 3.63) is 33.9 Å². The Balaban J connectivity index is 1.48. The van der Waals surface area contributed by atoms with Crippen LogP contribution >= 0.6 is 11.8 Å². The van der Waals surface area contributed by atoms with Gasteiger partial charge in [-0.1, -0.05) is 30.6 Å². The third-order valence-electron chi connectivity index (χ3n) is 5.67. The van der Waals surface area contributed by atoms with Crippen LogP contribution in [0.2, 0.25) is 0 Å². The average molecular weight is 331 g/mol. The molecular formula is C19H25NO2S. The number of thioether (sulfide) groups is 1. The summed E-state index contributed by atoms with van der Waals surface area (Å²) in [6.07, 6.45) is 12.9. The molecule has 0 bridgehead atoms. The average Bonchev–Trinajstić information content (AvgIpc) is 3.26. The lowest BCUT2D eigenvalue weighted by molar-refractivity contribution is -0.127. The Bertz CT molecular complexity index is 596. The standard InChI is InChI=1S/C19H25NO2S/c21-18(19(8-1-2-9-19)17-4-3-11-23-17)20-16-6-5-14-7-10-22-13-15(14)12-16/h4,6H,1-3,5,7-13H2,(H,20,21). The van der Waals surface area contributed by atoms with E-state index in [-0.39, 0.29) is 11.3 Å². The van der Waals surface area contributed by atoms with Crippen LogP contribution in [0.5, 0.6) is 0 Å². The molecule has 0 radical (unpaired) electrons. The van der Waals surface area contributed by atoms with Gasteiger partial charge in [0.15, 0.2) is 0 Å². The van der Waals surface area contributed by atoms with E-state index in [9.17, 15) is 4.79 Å². The topological polar surface area (TPSA) is 38.3 Å². The molecule has 0 saturated heterocycles. The Hall–Kier alpha value is -1.00. The molecule has 0 spiro atoms. The van der Waals surface area contributed by atoms with Crippen LogP contribution in [0.4, 0.5) is 0 Å². The van der Waals surface area contributed by atoms with Crippen molar-refractivity contribution >= 4 is 17.7 Å². The zero-order valence-corrected chi connectivity index (χ0v) is 14.5. The minimum absolute atomic E-state index is 0.236. The number of rotatable bonds is 3. The van der Waals surface area contributed by atoms with Gasteiger partial charge in [-0.25, -0.2) is 0 Å². The van der Waals surface area contributed by atoms with Gasteiger partial charge in [0, 0.05) is 17.9 Å². The molecule has 23 heavy (non-hydrogen) atoms. The summed E-state index contributed by atoms with van der Waals surface area (Å²) in [5.74, 6) is 1.38. The second-order valence-electron chi connectivity index (χ2n) is 7.07. The first-order valence-corrected chi connectivity index (χ1v) is 9.88. The van der Waals surface area contributed by atoms with E-state index >= 15 is 0 Å². The minimum atomic E-state index is -0.236. The molecule has 2 aliphatic heterocycles. The maximum absolute atomic E-state index is 13.1. The highest BCUT2D eigenvalue weighted by atomic mass is 32.2. The van der Waals surface area contributed by atoms with Crippen molar-refractivity contribution in [1.29, 1.82) is 0 Å². The molecule has 0 aromatic heterocycles. The Morgan fingerprint density at radius 1 is 1.22 bits per heavy atom. The van der Waals surface area contributed by atoms with Crippen molar-refractivity contribution in [2.45, 2.75) is 51.4 Å². The lowest BCUT2D eigenvalue weighted by atomic mass is 9.83. The third-order valence-corrected chi connectivity index (χ3v) is 6.97. The van der Waals surface area contributed by atoms with Crippen LogP contribution < -0.4 is 5.32 Å². The summed E-state index contributed by atoms with van der Waals surface area (Å²) >= 11 is 1.90. The summed E-state index contributed by atoms with van der Waals surface area (Å²) < 4.78 is 5.58. The maximum Gasteiger partial charge on any atom is 0.235 e. The molecule has 2 aliphatic carbocycles. The largest absolute Gasteiger partial charge is 0.377 e. The smallest absolute Gasteiger partial charge is 0.235 e. The van der Waals surface area contributed by atoms with Gasteiger partial charge in [0.05, 0.1) is 18.6 Å². The van der Waals surface area contributed by atoms with Crippen LogP contribution in [-0.2, 0) is 9.53 Å². The second-order valence-corrected chi connectivity index (χ2v) is 8.21. The van der Waals surface area contributed by atoms with Crippen molar-refractivity contribution < 1.29 is 9.53 Å². The lowest BCUT2D eigenvalue weighted by Crippen LogP contribution is -2.40. The van der Waals surface area contributed by atoms with Gasteiger partial charge >= 0.3 is 0 Å². The van der Waals surface area contributed by atoms with Gasteiger partial charge in [0.25, 0.3) is 0 Å². The van der Waals surface area contributed by atoms with Gasteiger partial charge in [-0.15, -0.1) is 11.8 Å². The first-order chi connectivity index (χ1) is 11.3. The van der Waals surface area contributed by atoms with Crippen molar-refractivity contribution in [2.24, 2.45) is 5.41 Å². The number of carbonyl (C=O) groups is 1. The van der Waals surface area contributed by atoms with Crippen LogP contribution in [0.15, 0.2) is 33.9 Å². The Kier molecular flexibility index (Phi) is 4.37. The van der Waals surface area contributed by atoms with E-state index in [1.54, 1.807) is 0 Å². The molecule has 1 saturated carbocycles. The zero-order chi connectivity index (χ0) is 15.7. The highest BCUT2D eigenvalue weighted by Gasteiger charge is 2.45. The van der Waals surface area contributed by atoms with E-state index in [2.05, 4.69) is 17.5 Å². The van der Waals surface area contributed by atoms with Gasteiger partial charge < -0.3 is 10.1 Å². The molecule has 124 valence electrons. The summed E-state index contributed by atoms with van der Waals surface area (Å²) in [4.78, 5) is 14.5. The molecule has 2 heterocycles. The van der Waals surface area contributed by atoms with Crippen molar-refractivity contribution in [3.63, 3.8) is 0 Å². The number of carbonyl (C=O) groups excluding carboxylic acids is 1. The monoisotopic (exact) mass is 331 g/mol. The predicted molar refractivity (Wildman–Crippen MR) is 94.0 cm³/mol. The first kappa shape index (κ1) is 15.5. The van der Waals surface area contributed by atoms with Gasteiger partial charge in [0.1, 0.15) is 0 Å². The number of amides is 1. The molecule has 1 N–H and O–H groups in total. The molecular weight excluding hydrogens is 306 g/mol. The first-order valence-electron chi connectivity index (χ1n) is 8.89. The summed E-state index contributed by atoms with van der Waals surface area (Å²) in [6.45, 7) is 1.59. The molecule has 3 nitrogen and oxygen atoms in total. The Morgan fingerprint density at radius 2 is 2.09 bits per heavy atom. The van der Waals surface area contributed by atoms with Crippen LogP contribution in [-0.4, -0.2) is 24.9 Å². The molecule has 1 amide bonds. The summed E-state index contributed by atoms with van der Waals surface area (Å²) in [6, 6.07) is 0. The number of allylic oxidation sites excluding steroid dienone is 3. The molecule has 4 rings (SSSR count). The maximum atomic E-state index is 13.1. The van der Waals surface area contributed by atoms with E-state index in [4.69, 9.17) is 4.74 Å². The van der Waals surface area contributed by atoms with Crippen molar-refractivity contribution in [1.82, 2.24) is 5.32 Å². The van der Waals surface area contributed by atoms with Crippen molar-refractivity contribution in [3.8, 4) is 0 Å². The molecule has 1 fully saturated rings. The van der Waals surface area contributed by atoms with Crippen molar-refractivity contribution in [2.75, 3.05) is 19.0 Å². The van der Waals surface area contributed by atoms with E-state index in [0.29, 0.717) is 0 Å². The minimum Gasteiger partial charge on any atom is -0.377 e. The molecule has 0 aromatic rings. The summed E-state index contributed by atoms with van der Waals surface area (Å²) in [7, 11) is 0. The van der Waals surface area contributed by atoms with Gasteiger partial charge in [-0.3, -0.25) is 4.79 Å². The van der Waals surface area contributed by atoms with Gasteiger partial charge in [-0.05, 0) is 42.6 Å². The van der Waals surface area contributed by atoms with Crippen LogP contribution in [0.25, 0.3) is 0 Å². The zero-order valence-electron chi connectivity index (χ0n) is 13.7. The van der Waals surface area contributed by atoms with Gasteiger partial charge in [0.2, 0.25) is 5.91 Å². The highest BCUT2D eigenvalue weighted by molar-refractivity contribution is 8.03. The fourth-order valence-corrected chi connectivity index (χ4v) is 5.58. The number of ether oxygens (including phenoxy) is 1. The fraction of sp³-hybridized carbons (Fsp3) is 0.632. The number of hydrogen-bond donors (Lipinski definition) is 1. The Labute approximate surface area is 142 Å². The van der Waals surface area contributed by atoms with Crippen LogP contribution in [0.1, 0.15) is 51.4 Å². The quantitative estimate of drug-likeness (QED) is 0.792. The Morgan fingerprint density at radius 3 is 2.87 bits per heavy atom. The molecule has 0 aromatic carbocycles. The normalized spacial score (nSPS) is 26.6. The van der Waals surface area contributed by atoms with E-state index in [1.165, 1.54) is 28.9 Å². The summed E-state index contributed by atoms with van der Waals surface area (Å²) in [5, 5.41) is 3.29. The van der Waals surface area contributed by atoms with E-state index in [0.717, 1.165) is 63.2 Å². The highest BCUT2D eigenvalue weighted by Crippen LogP contribution is 2.51. The van der Waals surface area contributed by atoms with E-state index < -0.39 is 0 Å². The SMILES string of the molecule is O=C(NC1=CCC2=C(COCC2)C1)C1(C2=CCCS2)CCCC1. The molecule has 0 atom stereocenters. The third kappa shape index (κ3) is 2.91. The van der Waals surface area contributed by atoms with Gasteiger partial charge in [-0.2, -0.15) is 0 Å². The summed E-state index contributed by atoms with van der Waals surface area (Å²) in [5.41, 5.74) is 3.77.